The Labute approximate surface area is 311 Å². The third-order valence-corrected chi connectivity index (χ3v) is 7.60. The zero-order valence-electron chi connectivity index (χ0n) is 32.3. The van der Waals surface area contributed by atoms with Crippen molar-refractivity contribution in [3.63, 3.8) is 0 Å². The van der Waals surface area contributed by atoms with Crippen LogP contribution in [0.15, 0.2) is 97.2 Å². The van der Waals surface area contributed by atoms with Gasteiger partial charge in [0.2, 0.25) is 0 Å². The van der Waals surface area contributed by atoms with Crippen LogP contribution >= 0.6 is 0 Å². The van der Waals surface area contributed by atoms with E-state index in [0.29, 0.717) is 6.42 Å². The normalized spacial score (nSPS) is 13.1. The molecule has 0 aromatic heterocycles. The van der Waals surface area contributed by atoms with Gasteiger partial charge in [-0.15, -0.1) is 0 Å². The second-order valence-electron chi connectivity index (χ2n) is 12.4. The first-order valence-corrected chi connectivity index (χ1v) is 19.7. The van der Waals surface area contributed by atoms with Gasteiger partial charge in [-0.3, -0.25) is 14.4 Å². The standard InChI is InChI=1S/C45H70O6/c1-4-7-10-13-16-19-21-23-26-29-32-35-38-44(47)50-41-42(40-49-43(46)37-34-31-28-25-18-15-12-9-6-3)51-45(48)39-36-33-30-27-24-22-20-17-14-11-8-5-2/h7-12,16-20,23,25-26,31,34,42H,4-6,13-15,21-22,24,27-30,32-33,35-41H2,1-3H3/b10-7-,11-8-,12-9-,19-16-,20-17-,25-18-,26-23-,34-31-. The Hall–Kier alpha value is -3.67. The maximum absolute atomic E-state index is 12.6. The summed E-state index contributed by atoms with van der Waals surface area (Å²) in [7, 11) is 0. The third kappa shape index (κ3) is 37.4. The van der Waals surface area contributed by atoms with Gasteiger partial charge in [-0.2, -0.15) is 0 Å². The molecule has 286 valence electrons. The lowest BCUT2D eigenvalue weighted by Gasteiger charge is -2.18. The van der Waals surface area contributed by atoms with Crippen LogP contribution in [0, 0.1) is 0 Å². The first kappa shape index (κ1) is 47.3. The summed E-state index contributed by atoms with van der Waals surface area (Å²) < 4.78 is 16.4. The summed E-state index contributed by atoms with van der Waals surface area (Å²) in [4.78, 5) is 37.4. The van der Waals surface area contributed by atoms with Crippen LogP contribution in [0.5, 0.6) is 0 Å². The Morgan fingerprint density at radius 3 is 1.31 bits per heavy atom. The largest absolute Gasteiger partial charge is 0.462 e. The molecule has 0 amide bonds. The molecule has 0 fully saturated rings. The van der Waals surface area contributed by atoms with Crippen LogP contribution in [0.4, 0.5) is 0 Å². The lowest BCUT2D eigenvalue weighted by atomic mass is 10.1. The summed E-state index contributed by atoms with van der Waals surface area (Å²) in [5.74, 6) is -1.13. The highest BCUT2D eigenvalue weighted by Gasteiger charge is 2.19. The van der Waals surface area contributed by atoms with Crippen molar-refractivity contribution in [3.8, 4) is 0 Å². The fourth-order valence-electron chi connectivity index (χ4n) is 4.73. The van der Waals surface area contributed by atoms with Gasteiger partial charge in [-0.1, -0.05) is 137 Å². The van der Waals surface area contributed by atoms with Crippen LogP contribution < -0.4 is 0 Å². The van der Waals surface area contributed by atoms with E-state index in [2.05, 4.69) is 106 Å². The third-order valence-electron chi connectivity index (χ3n) is 7.60. The van der Waals surface area contributed by atoms with Crippen molar-refractivity contribution in [2.45, 2.75) is 155 Å². The lowest BCUT2D eigenvalue weighted by molar-refractivity contribution is -0.166. The Balaban J connectivity index is 4.57. The molecule has 0 saturated heterocycles. The number of ether oxygens (including phenoxy) is 3. The number of carbonyl (C=O) groups excluding carboxylic acids is 3. The van der Waals surface area contributed by atoms with Crippen molar-refractivity contribution in [2.75, 3.05) is 13.2 Å². The van der Waals surface area contributed by atoms with Crippen molar-refractivity contribution < 1.29 is 28.6 Å². The van der Waals surface area contributed by atoms with E-state index in [9.17, 15) is 14.4 Å². The van der Waals surface area contributed by atoms with Crippen molar-refractivity contribution in [2.24, 2.45) is 0 Å². The molecule has 0 radical (unpaired) electrons. The number of carbonyl (C=O) groups is 3. The summed E-state index contributed by atoms with van der Waals surface area (Å²) in [5.41, 5.74) is 0. The second kappa shape index (κ2) is 39.1. The molecule has 0 aliphatic carbocycles. The average Bonchev–Trinajstić information content (AvgIpc) is 3.12. The molecular formula is C45H70O6. The molecular weight excluding hydrogens is 636 g/mol. The molecule has 0 aliphatic rings. The molecule has 6 heteroatoms. The topological polar surface area (TPSA) is 78.9 Å². The predicted octanol–water partition coefficient (Wildman–Crippen LogP) is 12.3. The molecule has 51 heavy (non-hydrogen) atoms. The van der Waals surface area contributed by atoms with Gasteiger partial charge in [0.15, 0.2) is 6.10 Å². The lowest BCUT2D eigenvalue weighted by Crippen LogP contribution is -2.30. The molecule has 6 nitrogen and oxygen atoms in total. The van der Waals surface area contributed by atoms with Crippen LogP contribution in [0.3, 0.4) is 0 Å². The van der Waals surface area contributed by atoms with Gasteiger partial charge in [0.25, 0.3) is 0 Å². The molecule has 0 rings (SSSR count). The Kier molecular flexibility index (Phi) is 36.3. The fourth-order valence-corrected chi connectivity index (χ4v) is 4.73. The quantitative estimate of drug-likeness (QED) is 0.0292. The maximum atomic E-state index is 12.6. The van der Waals surface area contributed by atoms with E-state index in [0.717, 1.165) is 103 Å². The minimum Gasteiger partial charge on any atom is -0.462 e. The molecule has 0 bridgehead atoms. The molecule has 0 aromatic carbocycles. The summed E-state index contributed by atoms with van der Waals surface area (Å²) >= 11 is 0. The van der Waals surface area contributed by atoms with Crippen LogP contribution in [-0.4, -0.2) is 37.2 Å². The van der Waals surface area contributed by atoms with E-state index in [1.54, 1.807) is 6.08 Å². The van der Waals surface area contributed by atoms with Gasteiger partial charge in [0.05, 0.1) is 6.42 Å². The SMILES string of the molecule is CC/C=C\C/C=C\C/C=C\CCCCC(=O)OCC(COC(=O)C/C=C\C/C=C\C/C=C\CC)OC(=O)CCCCCCC/C=C\C/C=C\CC. The molecule has 0 aliphatic heterocycles. The number of hydrogen-bond donors (Lipinski definition) is 0. The fraction of sp³-hybridized carbons (Fsp3) is 0.578. The van der Waals surface area contributed by atoms with E-state index in [4.69, 9.17) is 14.2 Å². The van der Waals surface area contributed by atoms with Gasteiger partial charge in [-0.05, 0) is 89.9 Å². The van der Waals surface area contributed by atoms with Crippen LogP contribution in [0.1, 0.15) is 149 Å². The van der Waals surface area contributed by atoms with Crippen LogP contribution in [-0.2, 0) is 28.6 Å². The highest BCUT2D eigenvalue weighted by atomic mass is 16.6. The van der Waals surface area contributed by atoms with Gasteiger partial charge < -0.3 is 14.2 Å². The van der Waals surface area contributed by atoms with E-state index < -0.39 is 12.1 Å². The molecule has 1 atom stereocenters. The minimum atomic E-state index is -0.833. The van der Waals surface area contributed by atoms with Crippen molar-refractivity contribution in [3.05, 3.63) is 97.2 Å². The first-order chi connectivity index (χ1) is 25.0. The Morgan fingerprint density at radius 2 is 0.784 bits per heavy atom. The number of unbranched alkanes of at least 4 members (excludes halogenated alkanes) is 7. The zero-order chi connectivity index (χ0) is 37.3. The number of esters is 3. The van der Waals surface area contributed by atoms with Gasteiger partial charge in [0.1, 0.15) is 13.2 Å². The van der Waals surface area contributed by atoms with Crippen molar-refractivity contribution in [1.29, 1.82) is 0 Å². The summed E-state index contributed by atoms with van der Waals surface area (Å²) in [6, 6.07) is 0. The van der Waals surface area contributed by atoms with Crippen LogP contribution in [0.25, 0.3) is 0 Å². The minimum absolute atomic E-state index is 0.122. The highest BCUT2D eigenvalue weighted by Crippen LogP contribution is 2.11. The van der Waals surface area contributed by atoms with E-state index in [-0.39, 0.29) is 44.4 Å². The number of rotatable bonds is 33. The summed E-state index contributed by atoms with van der Waals surface area (Å²) in [5, 5.41) is 0. The molecule has 0 heterocycles. The molecule has 1 unspecified atom stereocenters. The molecule has 0 N–H and O–H groups in total. The smallest absolute Gasteiger partial charge is 0.309 e. The molecule has 0 spiro atoms. The Bertz CT molecular complexity index is 1090. The van der Waals surface area contributed by atoms with Gasteiger partial charge >= 0.3 is 17.9 Å². The molecule has 0 aromatic rings. The van der Waals surface area contributed by atoms with Gasteiger partial charge in [-0.25, -0.2) is 0 Å². The van der Waals surface area contributed by atoms with E-state index in [1.807, 2.05) is 6.08 Å². The van der Waals surface area contributed by atoms with Crippen molar-refractivity contribution in [1.82, 2.24) is 0 Å². The predicted molar refractivity (Wildman–Crippen MR) is 214 cm³/mol. The zero-order valence-corrected chi connectivity index (χ0v) is 32.3. The summed E-state index contributed by atoms with van der Waals surface area (Å²) in [6.45, 7) is 6.09. The highest BCUT2D eigenvalue weighted by molar-refractivity contribution is 5.72. The van der Waals surface area contributed by atoms with Crippen LogP contribution in [0.2, 0.25) is 0 Å². The summed E-state index contributed by atoms with van der Waals surface area (Å²) in [6.07, 6.45) is 50.0. The number of hydrogen-bond acceptors (Lipinski definition) is 6. The van der Waals surface area contributed by atoms with Crippen molar-refractivity contribution >= 4 is 17.9 Å². The van der Waals surface area contributed by atoms with E-state index in [1.165, 1.54) is 0 Å². The number of allylic oxidation sites excluding steroid dienone is 15. The molecule has 0 saturated carbocycles. The monoisotopic (exact) mass is 707 g/mol. The average molecular weight is 707 g/mol. The van der Waals surface area contributed by atoms with E-state index >= 15 is 0 Å². The van der Waals surface area contributed by atoms with Gasteiger partial charge in [0, 0.05) is 12.8 Å². The first-order valence-electron chi connectivity index (χ1n) is 19.7. The maximum Gasteiger partial charge on any atom is 0.309 e. The Morgan fingerprint density at radius 1 is 0.412 bits per heavy atom. The second-order valence-corrected chi connectivity index (χ2v) is 12.4.